The average Bonchev–Trinajstić information content (AvgIpc) is 2.77. The number of nitrogens with zero attached hydrogens (tertiary/aromatic N) is 1. The van der Waals surface area contributed by atoms with Crippen LogP contribution in [0.5, 0.6) is 0 Å². The van der Waals surface area contributed by atoms with E-state index in [1.165, 1.54) is 6.07 Å². The van der Waals surface area contributed by atoms with Crippen molar-refractivity contribution in [3.05, 3.63) is 29.1 Å². The third-order valence-electron chi connectivity index (χ3n) is 2.34. The van der Waals surface area contributed by atoms with Gasteiger partial charge in [-0.25, -0.2) is 9.59 Å². The van der Waals surface area contributed by atoms with Crippen molar-refractivity contribution in [1.82, 2.24) is 0 Å². The van der Waals surface area contributed by atoms with Gasteiger partial charge in [0.1, 0.15) is 9.77 Å². The quantitative estimate of drug-likeness (QED) is 0.489. The van der Waals surface area contributed by atoms with E-state index in [4.69, 9.17) is 0 Å². The Labute approximate surface area is 112 Å². The van der Waals surface area contributed by atoms with Crippen molar-refractivity contribution >= 4 is 43.5 Å². The van der Waals surface area contributed by atoms with E-state index in [0.29, 0.717) is 10.1 Å². The van der Waals surface area contributed by atoms with Gasteiger partial charge in [-0.05, 0) is 6.07 Å². The van der Waals surface area contributed by atoms with E-state index >= 15 is 0 Å². The SMILES string of the molecule is COC(=O)c1sc2ccccc2c1S(=O)(=O)N=C=O. The van der Waals surface area contributed by atoms with Gasteiger partial charge in [0.05, 0.1) is 7.11 Å². The fourth-order valence-electron chi connectivity index (χ4n) is 1.60. The molecule has 98 valence electrons. The summed E-state index contributed by atoms with van der Waals surface area (Å²) in [6.45, 7) is 0. The lowest BCUT2D eigenvalue weighted by atomic mass is 10.2. The molecule has 0 radical (unpaired) electrons. The van der Waals surface area contributed by atoms with Crippen LogP contribution in [-0.4, -0.2) is 27.6 Å². The number of rotatable bonds is 3. The number of ether oxygens (including phenoxy) is 1. The van der Waals surface area contributed by atoms with Gasteiger partial charge in [-0.1, -0.05) is 22.6 Å². The van der Waals surface area contributed by atoms with E-state index in [9.17, 15) is 18.0 Å². The summed E-state index contributed by atoms with van der Waals surface area (Å²) in [5.74, 6) is -0.791. The predicted octanol–water partition coefficient (Wildman–Crippen LogP) is 1.71. The van der Waals surface area contributed by atoms with Crippen LogP contribution in [0.4, 0.5) is 0 Å². The van der Waals surface area contributed by atoms with E-state index in [1.807, 2.05) is 0 Å². The van der Waals surface area contributed by atoms with Crippen LogP contribution in [0.3, 0.4) is 0 Å². The van der Waals surface area contributed by atoms with Gasteiger partial charge in [-0.2, -0.15) is 8.42 Å². The topological polar surface area (TPSA) is 89.9 Å². The summed E-state index contributed by atoms with van der Waals surface area (Å²) in [4.78, 5) is 21.4. The van der Waals surface area contributed by atoms with Crippen molar-refractivity contribution in [2.24, 2.45) is 4.40 Å². The Bertz CT molecular complexity index is 800. The van der Waals surface area contributed by atoms with E-state index in [-0.39, 0.29) is 9.77 Å². The molecule has 0 amide bonds. The van der Waals surface area contributed by atoms with Crippen LogP contribution >= 0.6 is 11.3 Å². The Morgan fingerprint density at radius 3 is 2.68 bits per heavy atom. The Morgan fingerprint density at radius 1 is 1.37 bits per heavy atom. The molecule has 1 aromatic heterocycles. The highest BCUT2D eigenvalue weighted by Crippen LogP contribution is 2.35. The molecule has 0 bridgehead atoms. The number of carbonyl (C=O) groups excluding carboxylic acids is 2. The lowest BCUT2D eigenvalue weighted by molar-refractivity contribution is 0.0602. The Balaban J connectivity index is 2.90. The second-order valence-corrected chi connectivity index (χ2v) is 6.00. The van der Waals surface area contributed by atoms with Gasteiger partial charge < -0.3 is 4.74 Å². The minimum Gasteiger partial charge on any atom is -0.465 e. The highest BCUT2D eigenvalue weighted by Gasteiger charge is 2.28. The standard InChI is InChI=1S/C11H7NO5S2/c1-17-11(14)9-10(19(15,16)12-6-13)7-4-2-3-5-8(7)18-9/h2-5H,1H3. The smallest absolute Gasteiger partial charge is 0.349 e. The normalized spacial score (nSPS) is 11.0. The summed E-state index contributed by atoms with van der Waals surface area (Å²) in [5.41, 5.74) is 0. The molecule has 0 atom stereocenters. The van der Waals surface area contributed by atoms with Crippen LogP contribution in [-0.2, 0) is 19.6 Å². The summed E-state index contributed by atoms with van der Waals surface area (Å²) in [6.07, 6.45) is 0.985. The largest absolute Gasteiger partial charge is 0.465 e. The van der Waals surface area contributed by atoms with E-state index in [0.717, 1.165) is 24.5 Å². The summed E-state index contributed by atoms with van der Waals surface area (Å²) in [5, 5.41) is 0.326. The zero-order valence-corrected chi connectivity index (χ0v) is 11.2. The van der Waals surface area contributed by atoms with Crippen LogP contribution in [0.2, 0.25) is 0 Å². The van der Waals surface area contributed by atoms with Crippen LogP contribution in [0, 0.1) is 0 Å². The molecule has 0 fully saturated rings. The van der Waals surface area contributed by atoms with Crippen molar-refractivity contribution in [3.8, 4) is 0 Å². The zero-order chi connectivity index (χ0) is 14.0. The number of thiophene rings is 1. The van der Waals surface area contributed by atoms with Gasteiger partial charge >= 0.3 is 5.97 Å². The number of carbonyl (C=O) groups is 1. The number of esters is 1. The fraction of sp³-hybridized carbons (Fsp3) is 0.0909. The molecule has 0 aliphatic heterocycles. The van der Waals surface area contributed by atoms with Gasteiger partial charge in [0.15, 0.2) is 0 Å². The lowest BCUT2D eigenvalue weighted by Crippen LogP contribution is -2.06. The summed E-state index contributed by atoms with van der Waals surface area (Å²) in [6, 6.07) is 6.53. The third kappa shape index (κ3) is 2.28. The van der Waals surface area contributed by atoms with E-state index < -0.39 is 16.0 Å². The highest BCUT2D eigenvalue weighted by molar-refractivity contribution is 7.90. The number of hydrogen-bond acceptors (Lipinski definition) is 6. The Morgan fingerprint density at radius 2 is 2.05 bits per heavy atom. The number of sulfonamides is 1. The molecule has 19 heavy (non-hydrogen) atoms. The molecular weight excluding hydrogens is 290 g/mol. The number of isocyanates is 1. The maximum absolute atomic E-state index is 11.9. The van der Waals surface area contributed by atoms with Gasteiger partial charge in [0.2, 0.25) is 0 Å². The first-order valence-corrected chi connectivity index (χ1v) is 7.21. The zero-order valence-electron chi connectivity index (χ0n) is 9.61. The van der Waals surface area contributed by atoms with Gasteiger partial charge in [0, 0.05) is 10.1 Å². The number of benzene rings is 1. The Hall–Kier alpha value is -2.02. The fourth-order valence-corrected chi connectivity index (χ4v) is 4.08. The predicted molar refractivity (Wildman–Crippen MR) is 68.5 cm³/mol. The first-order valence-electron chi connectivity index (χ1n) is 4.95. The molecular formula is C11H7NO5S2. The average molecular weight is 297 g/mol. The second kappa shape index (κ2) is 4.93. The van der Waals surface area contributed by atoms with Crippen LogP contribution in [0.1, 0.15) is 9.67 Å². The molecule has 0 aliphatic carbocycles. The van der Waals surface area contributed by atoms with Crippen LogP contribution in [0.15, 0.2) is 33.6 Å². The molecule has 0 N–H and O–H groups in total. The first-order chi connectivity index (χ1) is 9.01. The Kier molecular flexibility index (Phi) is 3.48. The van der Waals surface area contributed by atoms with Crippen LogP contribution < -0.4 is 0 Å². The van der Waals surface area contributed by atoms with Crippen molar-refractivity contribution in [1.29, 1.82) is 0 Å². The molecule has 0 aliphatic rings. The molecule has 2 aromatic rings. The summed E-state index contributed by atoms with van der Waals surface area (Å²) < 4.78 is 31.8. The molecule has 0 spiro atoms. The minimum atomic E-state index is -4.27. The monoisotopic (exact) mass is 297 g/mol. The van der Waals surface area contributed by atoms with Crippen molar-refractivity contribution in [2.75, 3.05) is 7.11 Å². The third-order valence-corrected chi connectivity index (χ3v) is 4.87. The second-order valence-electron chi connectivity index (χ2n) is 3.41. The molecule has 2 rings (SSSR count). The lowest BCUT2D eigenvalue weighted by Gasteiger charge is -1.99. The highest BCUT2D eigenvalue weighted by atomic mass is 32.2. The van der Waals surface area contributed by atoms with Crippen LogP contribution in [0.25, 0.3) is 10.1 Å². The maximum Gasteiger partial charge on any atom is 0.349 e. The molecule has 1 aromatic carbocycles. The molecule has 8 heteroatoms. The minimum absolute atomic E-state index is 0.109. The first kappa shape index (κ1) is 13.4. The van der Waals surface area contributed by atoms with Gasteiger partial charge in [-0.15, -0.1) is 11.3 Å². The molecule has 6 nitrogen and oxygen atoms in total. The summed E-state index contributed by atoms with van der Waals surface area (Å²) in [7, 11) is -3.12. The van der Waals surface area contributed by atoms with Crippen molar-refractivity contribution in [2.45, 2.75) is 4.90 Å². The molecule has 0 saturated carbocycles. The van der Waals surface area contributed by atoms with E-state index in [2.05, 4.69) is 9.13 Å². The van der Waals surface area contributed by atoms with Crippen molar-refractivity contribution in [3.63, 3.8) is 0 Å². The summed E-state index contributed by atoms with van der Waals surface area (Å²) >= 11 is 0.966. The number of fused-ring (bicyclic) bond motifs is 1. The number of methoxy groups -OCH3 is 1. The van der Waals surface area contributed by atoms with E-state index in [1.54, 1.807) is 18.2 Å². The van der Waals surface area contributed by atoms with Crippen molar-refractivity contribution < 1.29 is 22.7 Å². The molecule has 0 unspecified atom stereocenters. The molecule has 0 saturated heterocycles. The van der Waals surface area contributed by atoms with Gasteiger partial charge in [0.25, 0.3) is 16.1 Å². The molecule has 1 heterocycles. The maximum atomic E-state index is 11.9. The van der Waals surface area contributed by atoms with Gasteiger partial charge in [-0.3, -0.25) is 0 Å². The number of hydrogen-bond donors (Lipinski definition) is 0.